The largest absolute Gasteiger partial charge is 0.481 e. The molecule has 6 nitrogen and oxygen atoms in total. The zero-order valence-corrected chi connectivity index (χ0v) is 10.0. The average molecular weight is 267 g/mol. The number of rotatable bonds is 5. The van der Waals surface area contributed by atoms with Crippen molar-refractivity contribution in [2.45, 2.75) is 12.8 Å². The second-order valence-corrected chi connectivity index (χ2v) is 4.75. The number of hydrogen-bond donors (Lipinski definition) is 1. The van der Waals surface area contributed by atoms with Gasteiger partial charge in [-0.25, -0.2) is 0 Å². The average Bonchev–Trinajstić information content (AvgIpc) is 2.80. The van der Waals surface area contributed by atoms with E-state index in [1.54, 1.807) is 0 Å². The number of carbonyl (C=O) groups is 3. The third-order valence-corrected chi connectivity index (χ3v) is 3.42. The predicted molar refractivity (Wildman–Crippen MR) is 62.6 cm³/mol. The molecular weight excluding hydrogens is 258 g/mol. The van der Waals surface area contributed by atoms with Crippen molar-refractivity contribution in [3.05, 3.63) is 28.5 Å². The Morgan fingerprint density at radius 2 is 2.22 bits per heavy atom. The van der Waals surface area contributed by atoms with E-state index in [-0.39, 0.29) is 29.3 Å². The van der Waals surface area contributed by atoms with Crippen LogP contribution in [0, 0.1) is 0 Å². The maximum atomic E-state index is 11.9. The van der Waals surface area contributed by atoms with Gasteiger partial charge >= 0.3 is 5.97 Å². The summed E-state index contributed by atoms with van der Waals surface area (Å²) in [6, 6.07) is 0. The van der Waals surface area contributed by atoms with Gasteiger partial charge in [-0.1, -0.05) is 5.16 Å². The van der Waals surface area contributed by atoms with E-state index in [4.69, 9.17) is 9.63 Å². The van der Waals surface area contributed by atoms with Crippen LogP contribution in [0.4, 0.5) is 0 Å². The number of aliphatic carboxylic acids is 1. The Kier molecular flexibility index (Phi) is 3.61. The van der Waals surface area contributed by atoms with Crippen molar-refractivity contribution in [2.75, 3.05) is 5.75 Å². The number of carboxylic acid groups (broad SMARTS) is 1. The highest BCUT2D eigenvalue weighted by molar-refractivity contribution is 8.04. The van der Waals surface area contributed by atoms with E-state index >= 15 is 0 Å². The fourth-order valence-electron chi connectivity index (χ4n) is 1.47. The van der Waals surface area contributed by atoms with Crippen LogP contribution in [0.25, 0.3) is 0 Å². The number of thioether (sulfide) groups is 1. The molecule has 0 amide bonds. The number of carbonyl (C=O) groups excluding carboxylic acids is 2. The molecule has 1 aliphatic rings. The number of allylic oxidation sites excluding steroid dienone is 2. The summed E-state index contributed by atoms with van der Waals surface area (Å²) in [7, 11) is 0. The number of aromatic nitrogens is 1. The lowest BCUT2D eigenvalue weighted by Crippen LogP contribution is -2.13. The van der Waals surface area contributed by atoms with Crippen molar-refractivity contribution in [2.24, 2.45) is 0 Å². The summed E-state index contributed by atoms with van der Waals surface area (Å²) in [5.41, 5.74) is 0.170. The van der Waals surface area contributed by atoms with Crippen LogP contribution in [0.1, 0.15) is 33.8 Å². The maximum absolute atomic E-state index is 11.9. The van der Waals surface area contributed by atoms with Crippen molar-refractivity contribution >= 4 is 29.3 Å². The molecule has 0 aliphatic heterocycles. The molecule has 0 fully saturated rings. The highest BCUT2D eigenvalue weighted by Crippen LogP contribution is 2.28. The van der Waals surface area contributed by atoms with E-state index in [2.05, 4.69) is 5.16 Å². The lowest BCUT2D eigenvalue weighted by molar-refractivity contribution is -0.137. The van der Waals surface area contributed by atoms with Crippen molar-refractivity contribution in [1.29, 1.82) is 0 Å². The van der Waals surface area contributed by atoms with Crippen LogP contribution >= 0.6 is 11.8 Å². The van der Waals surface area contributed by atoms with Gasteiger partial charge in [-0.05, 0) is 12.2 Å². The van der Waals surface area contributed by atoms with Gasteiger partial charge < -0.3 is 9.63 Å². The van der Waals surface area contributed by atoms with Crippen molar-refractivity contribution < 1.29 is 24.0 Å². The Labute approximate surface area is 106 Å². The molecule has 18 heavy (non-hydrogen) atoms. The third-order valence-electron chi connectivity index (χ3n) is 2.32. The molecule has 1 aromatic rings. The van der Waals surface area contributed by atoms with Gasteiger partial charge in [0.25, 0.3) is 0 Å². The van der Waals surface area contributed by atoms with Gasteiger partial charge in [-0.3, -0.25) is 14.4 Å². The van der Waals surface area contributed by atoms with Gasteiger partial charge in [-0.2, -0.15) is 0 Å². The van der Waals surface area contributed by atoms with Crippen LogP contribution in [0.15, 0.2) is 21.7 Å². The molecule has 1 N–H and O–H groups in total. The van der Waals surface area contributed by atoms with Crippen LogP contribution in [0.2, 0.25) is 0 Å². The van der Waals surface area contributed by atoms with E-state index < -0.39 is 5.97 Å². The molecule has 0 saturated heterocycles. The van der Waals surface area contributed by atoms with Crippen molar-refractivity contribution in [1.82, 2.24) is 5.16 Å². The van der Waals surface area contributed by atoms with E-state index in [0.717, 1.165) is 0 Å². The molecule has 0 radical (unpaired) electrons. The highest BCUT2D eigenvalue weighted by atomic mass is 32.2. The van der Waals surface area contributed by atoms with E-state index in [1.807, 2.05) is 0 Å². The van der Waals surface area contributed by atoms with Gasteiger partial charge in [0, 0.05) is 12.5 Å². The topological polar surface area (TPSA) is 97.5 Å². The maximum Gasteiger partial charge on any atom is 0.303 e. The lowest BCUT2D eigenvalue weighted by Gasteiger charge is -2.08. The Hall–Kier alpha value is -1.89. The smallest absolute Gasteiger partial charge is 0.303 e. The molecule has 2 rings (SSSR count). The number of hydrogen-bond acceptors (Lipinski definition) is 6. The molecule has 94 valence electrons. The molecule has 0 saturated carbocycles. The summed E-state index contributed by atoms with van der Waals surface area (Å²) < 4.78 is 4.69. The Bertz CT molecular complexity index is 545. The van der Waals surface area contributed by atoms with Crippen molar-refractivity contribution in [3.8, 4) is 0 Å². The Balaban J connectivity index is 2.00. The molecular formula is C11H9NO5S. The number of fused-ring (bicyclic) bond motifs is 1. The van der Waals surface area contributed by atoms with E-state index in [9.17, 15) is 14.4 Å². The first-order valence-corrected chi connectivity index (χ1v) is 6.18. The number of ketones is 2. The van der Waals surface area contributed by atoms with Gasteiger partial charge in [0.1, 0.15) is 0 Å². The first-order valence-electron chi connectivity index (χ1n) is 5.19. The molecule has 0 unspecified atom stereocenters. The second-order valence-electron chi connectivity index (χ2n) is 3.62. The molecule has 1 aliphatic carbocycles. The fraction of sp³-hybridized carbons (Fsp3) is 0.273. The first-order chi connectivity index (χ1) is 8.59. The van der Waals surface area contributed by atoms with Gasteiger partial charge in [0.05, 0.1) is 16.7 Å². The SMILES string of the molecule is O=C(O)CCCSC1=CC(=O)c2oncc2C1=O. The minimum atomic E-state index is -0.878. The third kappa shape index (κ3) is 2.51. The summed E-state index contributed by atoms with van der Waals surface area (Å²) in [5, 5.41) is 11.9. The zero-order valence-electron chi connectivity index (χ0n) is 9.21. The van der Waals surface area contributed by atoms with Crippen molar-refractivity contribution in [3.63, 3.8) is 0 Å². The monoisotopic (exact) mass is 267 g/mol. The standard InChI is InChI=1S/C11H9NO5S/c13-7-4-8(18-3-1-2-9(14)15)10(16)6-5-12-17-11(6)7/h4-5H,1-3H2,(H,14,15). The molecule has 0 spiro atoms. The van der Waals surface area contributed by atoms with Crippen LogP contribution < -0.4 is 0 Å². The van der Waals surface area contributed by atoms with Gasteiger partial charge in [0.2, 0.25) is 17.3 Å². The minimum Gasteiger partial charge on any atom is -0.481 e. The second kappa shape index (κ2) is 5.18. The molecule has 0 atom stereocenters. The van der Waals surface area contributed by atoms with Crippen LogP contribution in [0.5, 0.6) is 0 Å². The molecule has 7 heteroatoms. The fourth-order valence-corrected chi connectivity index (χ4v) is 2.41. The lowest BCUT2D eigenvalue weighted by atomic mass is 10.0. The summed E-state index contributed by atoms with van der Waals surface area (Å²) in [6.45, 7) is 0. The zero-order chi connectivity index (χ0) is 13.1. The number of nitrogens with zero attached hydrogens (tertiary/aromatic N) is 1. The Morgan fingerprint density at radius 3 is 2.94 bits per heavy atom. The predicted octanol–water partition coefficient (Wildman–Crippen LogP) is 1.54. The summed E-state index contributed by atoms with van der Waals surface area (Å²) in [6.07, 6.45) is 2.91. The molecule has 1 heterocycles. The summed E-state index contributed by atoms with van der Waals surface area (Å²) >= 11 is 1.18. The normalized spacial score (nSPS) is 14.3. The van der Waals surface area contributed by atoms with Crippen LogP contribution in [-0.4, -0.2) is 33.6 Å². The van der Waals surface area contributed by atoms with Gasteiger partial charge in [-0.15, -0.1) is 11.8 Å². The van der Waals surface area contributed by atoms with Crippen LogP contribution in [0.3, 0.4) is 0 Å². The Morgan fingerprint density at radius 1 is 1.44 bits per heavy atom. The van der Waals surface area contributed by atoms with E-state index in [0.29, 0.717) is 17.1 Å². The first kappa shape index (κ1) is 12.6. The van der Waals surface area contributed by atoms with Gasteiger partial charge in [0.15, 0.2) is 0 Å². The van der Waals surface area contributed by atoms with Crippen LogP contribution in [-0.2, 0) is 4.79 Å². The number of carboxylic acids is 1. The summed E-state index contributed by atoms with van der Waals surface area (Å²) in [4.78, 5) is 34.1. The highest BCUT2D eigenvalue weighted by Gasteiger charge is 2.29. The molecule has 1 aromatic heterocycles. The quantitative estimate of drug-likeness (QED) is 0.808. The summed E-state index contributed by atoms with van der Waals surface area (Å²) in [5.74, 6) is -1.13. The molecule has 0 aromatic carbocycles. The van der Waals surface area contributed by atoms with E-state index in [1.165, 1.54) is 24.0 Å². The molecule has 0 bridgehead atoms. The minimum absolute atomic E-state index is 0.0325. The number of Topliss-reactive ketones (excluding diaryl/α,β-unsaturated/α-hetero) is 1.